The van der Waals surface area contributed by atoms with Crippen molar-refractivity contribution in [2.24, 2.45) is 0 Å². The Morgan fingerprint density at radius 1 is 1.50 bits per heavy atom. The zero-order chi connectivity index (χ0) is 4.28. The summed E-state index contributed by atoms with van der Waals surface area (Å²) in [5.74, 6) is 0. The Labute approximate surface area is 57.6 Å². The maximum absolute atomic E-state index is 3.15. The van der Waals surface area contributed by atoms with E-state index in [4.69, 9.17) is 0 Å². The van der Waals surface area contributed by atoms with Crippen LogP contribution in [0.5, 0.6) is 0 Å². The van der Waals surface area contributed by atoms with Gasteiger partial charge in [-0.25, -0.2) is 0 Å². The smallest absolute Gasteiger partial charge is 1.00 e. The quantitative estimate of drug-likeness (QED) is 0.406. The Bertz CT molecular complexity index is 45.5. The molecule has 0 aliphatic carbocycles. The molecule has 0 fully saturated rings. The van der Waals surface area contributed by atoms with Crippen LogP contribution >= 0.6 is 0 Å². The maximum Gasteiger partial charge on any atom is -1.00 e. The van der Waals surface area contributed by atoms with E-state index in [0.29, 0.717) is 0 Å². The third kappa shape index (κ3) is 8.83. The van der Waals surface area contributed by atoms with E-state index >= 15 is 0 Å². The Morgan fingerprint density at radius 3 is 1.67 bits per heavy atom. The molecule has 0 amide bonds. The minimum Gasteiger partial charge on any atom is -1.00 e. The van der Waals surface area contributed by atoms with Crippen LogP contribution in [0.2, 0.25) is 0 Å². The summed E-state index contributed by atoms with van der Waals surface area (Å²) in [4.78, 5) is 1.90. The van der Waals surface area contributed by atoms with E-state index in [0.717, 1.165) is 0 Å². The van der Waals surface area contributed by atoms with Gasteiger partial charge in [0, 0.05) is 0 Å². The number of hydrogen-bond acceptors (Lipinski definition) is 0. The van der Waals surface area contributed by atoms with E-state index in [9.17, 15) is 0 Å². The molecule has 0 spiro atoms. The molecule has 6 heavy (non-hydrogen) atoms. The zero-order valence-electron chi connectivity index (χ0n) is 3.83. The molecular weight excluding hydrogens is 183 g/mol. The maximum atomic E-state index is 3.15. The van der Waals surface area contributed by atoms with E-state index in [2.05, 4.69) is 16.0 Å². The van der Waals surface area contributed by atoms with Crippen LogP contribution in [0.4, 0.5) is 0 Å². The van der Waals surface area contributed by atoms with E-state index in [1.807, 2.05) is 18.8 Å². The molecular formula is C4H7BrMn. The normalized spacial score (nSPS) is 5.67. The molecule has 0 rings (SSSR count). The molecule has 0 N–H and O–H groups in total. The van der Waals surface area contributed by atoms with Gasteiger partial charge in [-0.15, -0.1) is 0 Å². The molecule has 0 aromatic rings. The predicted octanol–water partition coefficient (Wildman–Crippen LogP) is -1.54. The monoisotopic (exact) mass is 189 g/mol. The van der Waals surface area contributed by atoms with Crippen molar-refractivity contribution in [1.29, 1.82) is 0 Å². The van der Waals surface area contributed by atoms with Gasteiger partial charge in [0.2, 0.25) is 0 Å². The average molecular weight is 190 g/mol. The van der Waals surface area contributed by atoms with Crippen molar-refractivity contribution in [2.45, 2.75) is 13.8 Å². The van der Waals surface area contributed by atoms with Crippen molar-refractivity contribution in [3.05, 3.63) is 10.5 Å². The van der Waals surface area contributed by atoms with Crippen molar-refractivity contribution >= 4 is 0 Å². The minimum atomic E-state index is 0. The molecule has 37 valence electrons. The molecule has 0 saturated carbocycles. The van der Waals surface area contributed by atoms with Gasteiger partial charge in [0.25, 0.3) is 0 Å². The van der Waals surface area contributed by atoms with Gasteiger partial charge in [-0.3, -0.25) is 0 Å². The number of allylic oxidation sites excluding steroid dienone is 1. The van der Waals surface area contributed by atoms with Crippen LogP contribution in [0.1, 0.15) is 13.8 Å². The van der Waals surface area contributed by atoms with Gasteiger partial charge < -0.3 is 17.0 Å². The summed E-state index contributed by atoms with van der Waals surface area (Å²) < 4.78 is 0. The Hall–Kier alpha value is 0.739. The molecule has 0 aliphatic heterocycles. The fourth-order valence-electron chi connectivity index (χ4n) is 0. The molecule has 0 aliphatic rings. The first-order chi connectivity index (χ1) is 2.27. The van der Waals surface area contributed by atoms with Gasteiger partial charge in [0.15, 0.2) is 0 Å². The summed E-state index contributed by atoms with van der Waals surface area (Å²) in [5.41, 5.74) is 1.30. The zero-order valence-corrected chi connectivity index (χ0v) is 6.60. The van der Waals surface area contributed by atoms with Crippen LogP contribution in [0.15, 0.2) is 10.5 Å². The summed E-state index contributed by atoms with van der Waals surface area (Å²) in [6.07, 6.45) is 0. The molecule has 0 atom stereocenters. The van der Waals surface area contributed by atoms with Crippen molar-refractivity contribution in [2.75, 3.05) is 0 Å². The van der Waals surface area contributed by atoms with Crippen molar-refractivity contribution in [3.8, 4) is 0 Å². The summed E-state index contributed by atoms with van der Waals surface area (Å²) >= 11 is 3.15. The second-order valence-electron chi connectivity index (χ2n) is 1.19. The molecule has 0 aromatic heterocycles. The SMILES string of the molecule is CC(C)=[CH][Mn+].[Br-]. The first-order valence-corrected chi connectivity index (χ1v) is 2.19. The Morgan fingerprint density at radius 2 is 1.67 bits per heavy atom. The fraction of sp³-hybridized carbons (Fsp3) is 0.500. The first kappa shape index (κ1) is 9.88. The van der Waals surface area contributed by atoms with Crippen molar-refractivity contribution in [1.82, 2.24) is 0 Å². The predicted molar refractivity (Wildman–Crippen MR) is 19.4 cm³/mol. The molecule has 0 aromatic carbocycles. The van der Waals surface area contributed by atoms with Crippen LogP contribution < -0.4 is 17.0 Å². The number of halogens is 1. The molecule has 0 saturated heterocycles. The fourth-order valence-corrected chi connectivity index (χ4v) is 0. The molecule has 0 radical (unpaired) electrons. The van der Waals surface area contributed by atoms with Crippen LogP contribution in [-0.2, 0) is 16.0 Å². The third-order valence-corrected chi connectivity index (χ3v) is 0.900. The number of rotatable bonds is 0. The first-order valence-electron chi connectivity index (χ1n) is 1.51. The van der Waals surface area contributed by atoms with Crippen LogP contribution in [0.25, 0.3) is 0 Å². The van der Waals surface area contributed by atoms with Gasteiger partial charge >= 0.3 is 40.4 Å². The summed E-state index contributed by atoms with van der Waals surface area (Å²) in [7, 11) is 0. The van der Waals surface area contributed by atoms with Crippen LogP contribution in [0, 0.1) is 0 Å². The molecule has 0 unspecified atom stereocenters. The van der Waals surface area contributed by atoms with E-state index in [-0.39, 0.29) is 17.0 Å². The van der Waals surface area contributed by atoms with Crippen molar-refractivity contribution < 1.29 is 33.0 Å². The third-order valence-electron chi connectivity index (χ3n) is 0.218. The standard InChI is InChI=1S/C4H7.BrH.Mn/c1-4(2)3;;/h1H,2-3H3;1H;/q;;+1/p-1. The topological polar surface area (TPSA) is 0 Å². The molecule has 0 bridgehead atoms. The second kappa shape index (κ2) is 5.74. The molecule has 2 heteroatoms. The summed E-state index contributed by atoms with van der Waals surface area (Å²) in [5, 5.41) is 0. The Kier molecular flexibility index (Phi) is 9.45. The molecule has 0 nitrogen and oxygen atoms in total. The Balaban J connectivity index is 0. The van der Waals surface area contributed by atoms with Gasteiger partial charge in [-0.2, -0.15) is 0 Å². The van der Waals surface area contributed by atoms with Crippen molar-refractivity contribution in [3.63, 3.8) is 0 Å². The minimum absolute atomic E-state index is 0. The van der Waals surface area contributed by atoms with Crippen LogP contribution in [0.3, 0.4) is 0 Å². The average Bonchev–Trinajstić information content (AvgIpc) is 1.38. The second-order valence-corrected chi connectivity index (χ2v) is 1.53. The van der Waals surface area contributed by atoms with E-state index in [1.54, 1.807) is 0 Å². The van der Waals surface area contributed by atoms with E-state index < -0.39 is 0 Å². The van der Waals surface area contributed by atoms with E-state index in [1.165, 1.54) is 5.57 Å². The van der Waals surface area contributed by atoms with Gasteiger partial charge in [0.05, 0.1) is 0 Å². The van der Waals surface area contributed by atoms with Gasteiger partial charge in [-0.05, 0) is 0 Å². The molecule has 0 heterocycles. The summed E-state index contributed by atoms with van der Waals surface area (Å²) in [6.45, 7) is 4.07. The largest absolute Gasteiger partial charge is 1.00 e. The van der Waals surface area contributed by atoms with Gasteiger partial charge in [0.1, 0.15) is 0 Å². The number of hydrogen-bond donors (Lipinski definition) is 0. The van der Waals surface area contributed by atoms with Crippen LogP contribution in [-0.4, -0.2) is 0 Å². The van der Waals surface area contributed by atoms with Gasteiger partial charge in [-0.1, -0.05) is 0 Å². The summed E-state index contributed by atoms with van der Waals surface area (Å²) in [6, 6.07) is 0.